The lowest BCUT2D eigenvalue weighted by molar-refractivity contribution is 0.138. The van der Waals surface area contributed by atoms with Crippen LogP contribution >= 0.6 is 0 Å². The molecule has 0 aliphatic rings. The molecule has 0 saturated heterocycles. The van der Waals surface area contributed by atoms with Gasteiger partial charge in [0, 0.05) is 0 Å². The van der Waals surface area contributed by atoms with Crippen molar-refractivity contribution in [2.24, 2.45) is 11.1 Å². The van der Waals surface area contributed by atoms with Crippen molar-refractivity contribution in [2.45, 2.75) is 44.5 Å². The van der Waals surface area contributed by atoms with Crippen LogP contribution in [0.25, 0.3) is 0 Å². The highest BCUT2D eigenvalue weighted by Crippen LogP contribution is 2.21. The summed E-state index contributed by atoms with van der Waals surface area (Å²) in [4.78, 5) is 0. The van der Waals surface area contributed by atoms with Crippen LogP contribution in [0, 0.1) is 5.92 Å². The van der Waals surface area contributed by atoms with Crippen molar-refractivity contribution >= 4 is 10.0 Å². The maximum Gasteiger partial charge on any atom is 0.211 e. The van der Waals surface area contributed by atoms with E-state index in [0.717, 1.165) is 0 Å². The van der Waals surface area contributed by atoms with E-state index >= 15 is 0 Å². The van der Waals surface area contributed by atoms with Crippen LogP contribution in [-0.2, 0) is 10.0 Å². The first-order chi connectivity index (χ1) is 6.82. The fourth-order valence-electron chi connectivity index (χ4n) is 1.48. The predicted molar refractivity (Wildman–Crippen MR) is 61.8 cm³/mol. The van der Waals surface area contributed by atoms with Crippen molar-refractivity contribution in [1.82, 2.24) is 0 Å². The summed E-state index contributed by atoms with van der Waals surface area (Å²) in [5, 5.41) is 13.9. The van der Waals surface area contributed by atoms with Crippen LogP contribution in [0.2, 0.25) is 0 Å². The van der Waals surface area contributed by atoms with Gasteiger partial charge in [-0.05, 0) is 32.1 Å². The molecule has 0 heterocycles. The zero-order valence-electron chi connectivity index (χ0n) is 9.39. The van der Waals surface area contributed by atoms with Crippen LogP contribution in [0.1, 0.15) is 33.1 Å². The molecule has 0 fully saturated rings. The number of nitrogens with two attached hydrogens (primary N) is 1. The third kappa shape index (κ3) is 5.30. The van der Waals surface area contributed by atoms with Gasteiger partial charge in [-0.1, -0.05) is 13.0 Å². The molecule has 0 aromatic heterocycles. The monoisotopic (exact) mass is 235 g/mol. The summed E-state index contributed by atoms with van der Waals surface area (Å²) < 4.78 is 22.4. The van der Waals surface area contributed by atoms with E-state index in [1.54, 1.807) is 13.0 Å². The highest BCUT2D eigenvalue weighted by atomic mass is 32.2. The quantitative estimate of drug-likeness (QED) is 0.646. The first kappa shape index (κ1) is 14.6. The molecule has 0 rings (SSSR count). The van der Waals surface area contributed by atoms with Crippen molar-refractivity contribution in [3.63, 3.8) is 0 Å². The van der Waals surface area contributed by atoms with Gasteiger partial charge in [-0.3, -0.25) is 0 Å². The average molecular weight is 235 g/mol. The van der Waals surface area contributed by atoms with Crippen LogP contribution in [0.15, 0.2) is 12.7 Å². The van der Waals surface area contributed by atoms with E-state index < -0.39 is 21.4 Å². The number of sulfonamides is 1. The normalized spacial score (nSPS) is 18.1. The number of allylic oxidation sites excluding steroid dienone is 1. The lowest BCUT2D eigenvalue weighted by Gasteiger charge is -2.23. The Morgan fingerprint density at radius 1 is 1.53 bits per heavy atom. The highest BCUT2D eigenvalue weighted by Gasteiger charge is 2.27. The Hall–Kier alpha value is -0.390. The van der Waals surface area contributed by atoms with Crippen LogP contribution in [-0.4, -0.2) is 24.9 Å². The number of primary sulfonamides is 1. The fraction of sp³-hybridized carbons (Fsp3) is 0.800. The molecule has 0 aliphatic heterocycles. The molecular weight excluding hydrogens is 214 g/mol. The fourth-order valence-corrected chi connectivity index (χ4v) is 2.24. The molecule has 4 nitrogen and oxygen atoms in total. The predicted octanol–water partition coefficient (Wildman–Crippen LogP) is 1.02. The number of aliphatic hydroxyl groups excluding tert-OH is 1. The molecule has 3 atom stereocenters. The van der Waals surface area contributed by atoms with Gasteiger partial charge >= 0.3 is 0 Å². The second-order valence-electron chi connectivity index (χ2n) is 3.88. The molecule has 5 heteroatoms. The van der Waals surface area contributed by atoms with Crippen molar-refractivity contribution in [3.05, 3.63) is 12.7 Å². The van der Waals surface area contributed by atoms with Gasteiger partial charge in [-0.25, -0.2) is 13.6 Å². The van der Waals surface area contributed by atoms with Crippen molar-refractivity contribution in [2.75, 3.05) is 0 Å². The molecule has 0 aromatic rings. The largest absolute Gasteiger partial charge is 0.393 e. The zero-order valence-corrected chi connectivity index (χ0v) is 10.2. The minimum absolute atomic E-state index is 0.160. The Bertz CT molecular complexity index is 287. The molecule has 0 radical (unpaired) electrons. The second-order valence-corrected chi connectivity index (χ2v) is 5.80. The van der Waals surface area contributed by atoms with Crippen molar-refractivity contribution in [3.8, 4) is 0 Å². The van der Waals surface area contributed by atoms with Gasteiger partial charge in [0.2, 0.25) is 10.0 Å². The number of hydrogen-bond donors (Lipinski definition) is 2. The third-order valence-electron chi connectivity index (χ3n) is 2.70. The standard InChI is InChI=1S/C10H21NO3S/c1-4-6-9(7-10(12)5-2)8(3)15(11,13)14/h4,8-10,12H,1,5-7H2,2-3H3,(H2,11,13,14)/t8-,9+,10-/m1/s1. The number of hydrogen-bond acceptors (Lipinski definition) is 3. The maximum atomic E-state index is 11.2. The van der Waals surface area contributed by atoms with Crippen molar-refractivity contribution < 1.29 is 13.5 Å². The zero-order chi connectivity index (χ0) is 12.1. The van der Waals surface area contributed by atoms with E-state index in [2.05, 4.69) is 6.58 Å². The molecule has 90 valence electrons. The summed E-state index contributed by atoms with van der Waals surface area (Å²) in [5.41, 5.74) is 0. The van der Waals surface area contributed by atoms with Gasteiger partial charge < -0.3 is 5.11 Å². The molecule has 0 aliphatic carbocycles. The van der Waals surface area contributed by atoms with Gasteiger partial charge in [-0.15, -0.1) is 6.58 Å². The molecule has 0 aromatic carbocycles. The Kier molecular flexibility index (Phi) is 6.09. The third-order valence-corrected chi connectivity index (χ3v) is 4.12. The molecule has 0 amide bonds. The molecular formula is C10H21NO3S. The summed E-state index contributed by atoms with van der Waals surface area (Å²) in [7, 11) is -3.54. The minimum atomic E-state index is -3.54. The van der Waals surface area contributed by atoms with Crippen LogP contribution in [0.4, 0.5) is 0 Å². The SMILES string of the molecule is C=CC[C@@H](C[C@H](O)CC)[C@@H](C)S(N)(=O)=O. The highest BCUT2D eigenvalue weighted by molar-refractivity contribution is 7.89. The second kappa shape index (κ2) is 6.25. The molecule has 0 bridgehead atoms. The van der Waals surface area contributed by atoms with E-state index in [1.807, 2.05) is 6.92 Å². The first-order valence-corrected chi connectivity index (χ1v) is 6.74. The van der Waals surface area contributed by atoms with Gasteiger partial charge in [0.05, 0.1) is 11.4 Å². The van der Waals surface area contributed by atoms with Crippen LogP contribution in [0.3, 0.4) is 0 Å². The number of rotatable bonds is 7. The van der Waals surface area contributed by atoms with Crippen LogP contribution in [0.5, 0.6) is 0 Å². The first-order valence-electron chi connectivity index (χ1n) is 5.13. The Labute approximate surface area is 92.2 Å². The van der Waals surface area contributed by atoms with E-state index in [1.165, 1.54) is 0 Å². The summed E-state index contributed by atoms with van der Waals surface area (Å²) in [6, 6.07) is 0. The van der Waals surface area contributed by atoms with E-state index in [0.29, 0.717) is 19.3 Å². The Balaban J connectivity index is 4.58. The Morgan fingerprint density at radius 2 is 2.07 bits per heavy atom. The summed E-state index contributed by atoms with van der Waals surface area (Å²) in [6.45, 7) is 7.01. The lowest BCUT2D eigenvalue weighted by atomic mass is 9.94. The van der Waals surface area contributed by atoms with E-state index in [-0.39, 0.29) is 5.92 Å². The van der Waals surface area contributed by atoms with E-state index in [4.69, 9.17) is 5.14 Å². The van der Waals surface area contributed by atoms with Gasteiger partial charge in [-0.2, -0.15) is 0 Å². The lowest BCUT2D eigenvalue weighted by Crippen LogP contribution is -2.34. The Morgan fingerprint density at radius 3 is 2.40 bits per heavy atom. The van der Waals surface area contributed by atoms with Gasteiger partial charge in [0.25, 0.3) is 0 Å². The summed E-state index contributed by atoms with van der Waals surface area (Å²) in [5.74, 6) is -0.160. The average Bonchev–Trinajstić information content (AvgIpc) is 2.14. The molecule has 15 heavy (non-hydrogen) atoms. The van der Waals surface area contributed by atoms with Gasteiger partial charge in [0.15, 0.2) is 0 Å². The number of aliphatic hydroxyl groups is 1. The summed E-state index contributed by atoms with van der Waals surface area (Å²) in [6.07, 6.45) is 2.80. The molecule has 3 N–H and O–H groups in total. The van der Waals surface area contributed by atoms with Crippen molar-refractivity contribution in [1.29, 1.82) is 0 Å². The minimum Gasteiger partial charge on any atom is -0.393 e. The van der Waals surface area contributed by atoms with Gasteiger partial charge in [0.1, 0.15) is 0 Å². The molecule has 0 unspecified atom stereocenters. The smallest absolute Gasteiger partial charge is 0.211 e. The van der Waals surface area contributed by atoms with Crippen LogP contribution < -0.4 is 5.14 Å². The topological polar surface area (TPSA) is 80.4 Å². The molecule has 0 spiro atoms. The molecule has 0 saturated carbocycles. The summed E-state index contributed by atoms with van der Waals surface area (Å²) >= 11 is 0. The van der Waals surface area contributed by atoms with E-state index in [9.17, 15) is 13.5 Å². The maximum absolute atomic E-state index is 11.2.